The Labute approximate surface area is 252 Å². The van der Waals surface area contributed by atoms with Crippen molar-refractivity contribution >= 4 is 62.3 Å². The Hall–Kier alpha value is -3.56. The van der Waals surface area contributed by atoms with E-state index < -0.39 is 0 Å². The third-order valence-corrected chi connectivity index (χ3v) is 8.12. The number of rotatable bonds is 10. The number of hydrogen-bond donors (Lipinski definition) is 0. The second kappa shape index (κ2) is 12.7. The van der Waals surface area contributed by atoms with Crippen LogP contribution in [0.25, 0.3) is 16.8 Å². The first-order chi connectivity index (χ1) is 19.5. The third-order valence-electron chi connectivity index (χ3n) is 6.49. The summed E-state index contributed by atoms with van der Waals surface area (Å²) in [5, 5.41) is 1.83. The summed E-state index contributed by atoms with van der Waals surface area (Å²) in [5.74, 6) is 0.945. The average Bonchev–Trinajstić information content (AvgIpc) is 3.21. The van der Waals surface area contributed by atoms with Gasteiger partial charge in [-0.3, -0.25) is 14.5 Å². The van der Waals surface area contributed by atoms with E-state index in [0.717, 1.165) is 48.4 Å². The molecule has 0 aliphatic carbocycles. The van der Waals surface area contributed by atoms with Gasteiger partial charge in [-0.2, -0.15) is 0 Å². The summed E-state index contributed by atoms with van der Waals surface area (Å²) in [4.78, 5) is 28.0. The molecule has 1 fully saturated rings. The summed E-state index contributed by atoms with van der Waals surface area (Å²) in [6, 6.07) is 25.9. The van der Waals surface area contributed by atoms with Crippen molar-refractivity contribution in [2.75, 3.05) is 6.61 Å². The molecule has 0 spiro atoms. The zero-order valence-corrected chi connectivity index (χ0v) is 25.0. The maximum absolute atomic E-state index is 13.4. The van der Waals surface area contributed by atoms with Crippen LogP contribution in [-0.2, 0) is 24.4 Å². The highest BCUT2D eigenvalue weighted by molar-refractivity contribution is 14.1. The maximum atomic E-state index is 13.4. The van der Waals surface area contributed by atoms with Crippen molar-refractivity contribution in [1.82, 2.24) is 4.90 Å². The van der Waals surface area contributed by atoms with Crippen LogP contribution in [0.4, 0.5) is 4.79 Å². The van der Waals surface area contributed by atoms with Crippen LogP contribution >= 0.6 is 34.4 Å². The van der Waals surface area contributed by atoms with Gasteiger partial charge < -0.3 is 9.47 Å². The molecule has 0 aromatic heterocycles. The van der Waals surface area contributed by atoms with Crippen molar-refractivity contribution in [1.29, 1.82) is 0 Å². The van der Waals surface area contributed by atoms with E-state index in [0.29, 0.717) is 36.0 Å². The van der Waals surface area contributed by atoms with Crippen molar-refractivity contribution in [2.45, 2.75) is 26.5 Å². The lowest BCUT2D eigenvalue weighted by atomic mass is 10.0. The van der Waals surface area contributed by atoms with Crippen LogP contribution in [0.15, 0.2) is 96.4 Å². The molecule has 4 aromatic rings. The maximum Gasteiger partial charge on any atom is 0.293 e. The van der Waals surface area contributed by atoms with E-state index in [1.807, 2.05) is 91.9 Å². The number of hydrogen-bond acceptors (Lipinski definition) is 5. The van der Waals surface area contributed by atoms with E-state index in [4.69, 9.17) is 9.47 Å². The number of allylic oxidation sites excluding steroid dienone is 1. The van der Waals surface area contributed by atoms with Crippen molar-refractivity contribution in [3.8, 4) is 11.5 Å². The molecule has 0 saturated carbocycles. The number of nitrogens with zero attached hydrogens (tertiary/aromatic N) is 1. The second-order valence-corrected chi connectivity index (χ2v) is 11.5. The smallest absolute Gasteiger partial charge is 0.293 e. The van der Waals surface area contributed by atoms with E-state index in [1.54, 1.807) is 6.08 Å². The van der Waals surface area contributed by atoms with Gasteiger partial charge in [0.05, 0.1) is 18.1 Å². The highest BCUT2D eigenvalue weighted by Gasteiger charge is 2.35. The van der Waals surface area contributed by atoms with E-state index in [9.17, 15) is 9.59 Å². The topological polar surface area (TPSA) is 55.8 Å². The summed E-state index contributed by atoms with van der Waals surface area (Å²) in [5.41, 5.74) is 3.64. The first-order valence-electron chi connectivity index (χ1n) is 13.0. The summed E-state index contributed by atoms with van der Waals surface area (Å²) in [6.07, 6.45) is 4.13. The fourth-order valence-corrected chi connectivity index (χ4v) is 5.82. The summed E-state index contributed by atoms with van der Waals surface area (Å²) in [7, 11) is 0. The minimum absolute atomic E-state index is 0.223. The molecule has 0 atom stereocenters. The Morgan fingerprint density at radius 3 is 2.50 bits per heavy atom. The Morgan fingerprint density at radius 2 is 1.73 bits per heavy atom. The molecule has 1 heterocycles. The standard InChI is InChI=1S/C33H28INO4S/c1-3-8-25-17-23(18-29(38-4-2)31(25)39-21-22-13-15-27(34)16-14-22)19-30-32(36)35(33(37)40-30)20-26-11-7-10-24-9-5-6-12-28(24)26/h3,5-7,9-19H,1,4,8,20-21H2,2H3/b30-19+. The van der Waals surface area contributed by atoms with Crippen molar-refractivity contribution in [3.05, 3.63) is 122 Å². The number of halogens is 1. The number of ether oxygens (including phenoxy) is 2. The predicted molar refractivity (Wildman–Crippen MR) is 170 cm³/mol. The Morgan fingerprint density at radius 1 is 0.950 bits per heavy atom. The summed E-state index contributed by atoms with van der Waals surface area (Å²) >= 11 is 3.24. The van der Waals surface area contributed by atoms with E-state index in [1.165, 1.54) is 4.90 Å². The summed E-state index contributed by atoms with van der Waals surface area (Å²) < 4.78 is 13.4. The van der Waals surface area contributed by atoms with Gasteiger partial charge >= 0.3 is 0 Å². The molecule has 202 valence electrons. The minimum atomic E-state index is -0.301. The molecule has 0 unspecified atom stereocenters. The molecule has 1 aliphatic rings. The van der Waals surface area contributed by atoms with Crippen LogP contribution < -0.4 is 9.47 Å². The number of carbonyl (C=O) groups excluding carboxylic acids is 2. The van der Waals surface area contributed by atoms with Gasteiger partial charge in [-0.1, -0.05) is 60.7 Å². The fraction of sp³-hybridized carbons (Fsp3) is 0.152. The molecule has 5 rings (SSSR count). The molecule has 2 amide bonds. The van der Waals surface area contributed by atoms with Crippen molar-refractivity contribution < 1.29 is 19.1 Å². The van der Waals surface area contributed by atoms with E-state index >= 15 is 0 Å². The molecule has 5 nitrogen and oxygen atoms in total. The number of amides is 2. The minimum Gasteiger partial charge on any atom is -0.490 e. The van der Waals surface area contributed by atoms with Gasteiger partial charge in [0.2, 0.25) is 0 Å². The molecule has 0 radical (unpaired) electrons. The SMILES string of the molecule is C=CCc1cc(/C=C2/SC(=O)N(Cc3cccc4ccccc34)C2=O)cc(OCC)c1OCc1ccc(I)cc1. The fourth-order valence-electron chi connectivity index (χ4n) is 4.63. The van der Waals surface area contributed by atoms with Gasteiger partial charge in [0, 0.05) is 9.13 Å². The monoisotopic (exact) mass is 661 g/mol. The molecular weight excluding hydrogens is 633 g/mol. The lowest BCUT2D eigenvalue weighted by Crippen LogP contribution is -2.27. The van der Waals surface area contributed by atoms with E-state index in [-0.39, 0.29) is 17.7 Å². The van der Waals surface area contributed by atoms with Gasteiger partial charge in [-0.05, 0) is 106 Å². The third kappa shape index (κ3) is 6.26. The van der Waals surface area contributed by atoms with Gasteiger partial charge in [-0.15, -0.1) is 6.58 Å². The molecule has 1 saturated heterocycles. The quantitative estimate of drug-likeness (QED) is 0.0972. The number of imide groups is 1. The predicted octanol–water partition coefficient (Wildman–Crippen LogP) is 8.39. The van der Waals surface area contributed by atoms with Gasteiger partial charge in [0.1, 0.15) is 6.61 Å². The molecule has 4 aromatic carbocycles. The molecule has 40 heavy (non-hydrogen) atoms. The van der Waals surface area contributed by atoms with Crippen LogP contribution in [-0.4, -0.2) is 22.7 Å². The highest BCUT2D eigenvalue weighted by atomic mass is 127. The molecule has 0 bridgehead atoms. The number of benzene rings is 4. The zero-order chi connectivity index (χ0) is 28.1. The van der Waals surface area contributed by atoms with Crippen LogP contribution in [0.3, 0.4) is 0 Å². The Kier molecular flexibility index (Phi) is 8.91. The number of thioether (sulfide) groups is 1. The second-order valence-electron chi connectivity index (χ2n) is 9.25. The molecular formula is C33H28INO4S. The van der Waals surface area contributed by atoms with Crippen LogP contribution in [0.2, 0.25) is 0 Å². The number of carbonyl (C=O) groups is 2. The lowest BCUT2D eigenvalue weighted by molar-refractivity contribution is -0.123. The Bertz CT molecular complexity index is 1610. The van der Waals surface area contributed by atoms with Gasteiger partial charge in [0.15, 0.2) is 11.5 Å². The first-order valence-corrected chi connectivity index (χ1v) is 14.9. The summed E-state index contributed by atoms with van der Waals surface area (Å²) in [6.45, 7) is 6.90. The molecule has 0 N–H and O–H groups in total. The van der Waals surface area contributed by atoms with Crippen molar-refractivity contribution in [2.24, 2.45) is 0 Å². The average molecular weight is 662 g/mol. The van der Waals surface area contributed by atoms with Gasteiger partial charge in [-0.25, -0.2) is 0 Å². The lowest BCUT2D eigenvalue weighted by Gasteiger charge is -2.17. The van der Waals surface area contributed by atoms with Crippen molar-refractivity contribution in [3.63, 3.8) is 0 Å². The molecule has 1 aliphatic heterocycles. The molecule has 7 heteroatoms. The van der Waals surface area contributed by atoms with Crippen LogP contribution in [0.5, 0.6) is 11.5 Å². The van der Waals surface area contributed by atoms with Crippen LogP contribution in [0, 0.1) is 3.57 Å². The Balaban J connectivity index is 1.42. The van der Waals surface area contributed by atoms with Gasteiger partial charge in [0.25, 0.3) is 11.1 Å². The van der Waals surface area contributed by atoms with Crippen LogP contribution in [0.1, 0.15) is 29.2 Å². The normalized spacial score (nSPS) is 14.2. The number of fused-ring (bicyclic) bond motifs is 1. The van der Waals surface area contributed by atoms with E-state index in [2.05, 4.69) is 29.2 Å². The highest BCUT2D eigenvalue weighted by Crippen LogP contribution is 2.38. The zero-order valence-electron chi connectivity index (χ0n) is 22.1. The largest absolute Gasteiger partial charge is 0.490 e. The first kappa shape index (κ1) is 28.0.